The van der Waals surface area contributed by atoms with Crippen LogP contribution in [0.4, 0.5) is 10.5 Å². The Balaban J connectivity index is 1.38. The maximum atomic E-state index is 12.2. The summed E-state index contributed by atoms with van der Waals surface area (Å²) in [5.41, 5.74) is 10.7. The maximum absolute atomic E-state index is 12.2. The van der Waals surface area contributed by atoms with Gasteiger partial charge in [0, 0.05) is 51.7 Å². The van der Waals surface area contributed by atoms with Crippen LogP contribution in [-0.2, 0) is 20.8 Å². The highest BCUT2D eigenvalue weighted by atomic mass is 16.5. The van der Waals surface area contributed by atoms with Gasteiger partial charge in [0.25, 0.3) is 0 Å². The van der Waals surface area contributed by atoms with Gasteiger partial charge in [-0.3, -0.25) is 5.43 Å². The number of alkyl carbamates (subject to hydrolysis) is 1. The minimum Gasteiger partial charge on any atom is -0.445 e. The lowest BCUT2D eigenvalue weighted by Crippen LogP contribution is -2.37. The molecular formula is C26H40N4O4. The molecule has 4 unspecified atom stereocenters. The molecule has 0 radical (unpaired) electrons. The first-order chi connectivity index (χ1) is 16.7. The highest BCUT2D eigenvalue weighted by molar-refractivity contribution is 5.67. The number of methoxy groups -OCH3 is 1. The average molecular weight is 473 g/mol. The summed E-state index contributed by atoms with van der Waals surface area (Å²) in [6.07, 6.45) is 7.52. The zero-order valence-corrected chi connectivity index (χ0v) is 20.4. The largest absolute Gasteiger partial charge is 0.445 e. The molecule has 2 saturated heterocycles. The van der Waals surface area contributed by atoms with Crippen LogP contribution in [0.15, 0.2) is 18.2 Å². The van der Waals surface area contributed by atoms with Crippen LogP contribution in [0, 0.1) is 11.8 Å². The van der Waals surface area contributed by atoms with Crippen LogP contribution in [0.1, 0.15) is 62.1 Å². The predicted octanol–water partition coefficient (Wildman–Crippen LogP) is 3.27. The smallest absolute Gasteiger partial charge is 0.407 e. The van der Waals surface area contributed by atoms with Gasteiger partial charge in [0.1, 0.15) is 6.61 Å². The molecule has 3 fully saturated rings. The van der Waals surface area contributed by atoms with Crippen molar-refractivity contribution in [2.45, 2.75) is 69.7 Å². The molecule has 0 spiro atoms. The van der Waals surface area contributed by atoms with Crippen LogP contribution in [-0.4, -0.2) is 58.2 Å². The molecule has 1 amide bonds. The van der Waals surface area contributed by atoms with Gasteiger partial charge in [0.05, 0.1) is 12.1 Å². The third-order valence-corrected chi connectivity index (χ3v) is 8.09. The second-order valence-corrected chi connectivity index (χ2v) is 10.3. The Hall–Kier alpha value is -1.87. The van der Waals surface area contributed by atoms with E-state index >= 15 is 0 Å². The number of nitrogens with one attached hydrogen (secondary N) is 3. The molecule has 0 aromatic heterocycles. The van der Waals surface area contributed by atoms with Gasteiger partial charge in [0.15, 0.2) is 0 Å². The molecule has 8 heteroatoms. The highest BCUT2D eigenvalue weighted by Crippen LogP contribution is 2.40. The number of nitrogens with zero attached hydrogens (tertiary/aromatic N) is 1. The third kappa shape index (κ3) is 5.67. The molecule has 4 atom stereocenters. The Morgan fingerprint density at radius 2 is 2.00 bits per heavy atom. The van der Waals surface area contributed by atoms with Crippen LogP contribution in [0.25, 0.3) is 0 Å². The molecule has 1 saturated carbocycles. The normalized spacial score (nSPS) is 30.7. The van der Waals surface area contributed by atoms with E-state index in [1.807, 2.05) is 0 Å². The lowest BCUT2D eigenvalue weighted by Gasteiger charge is -2.35. The number of cyclic esters (lactones) is 1. The molecule has 4 bridgehead atoms. The summed E-state index contributed by atoms with van der Waals surface area (Å²) in [6.45, 7) is 4.48. The molecule has 5 rings (SSSR count). The van der Waals surface area contributed by atoms with Crippen molar-refractivity contribution in [1.82, 2.24) is 16.2 Å². The minimum absolute atomic E-state index is 0.230. The van der Waals surface area contributed by atoms with Crippen molar-refractivity contribution < 1.29 is 19.0 Å². The lowest BCUT2D eigenvalue weighted by molar-refractivity contribution is 0.00716. The topological polar surface area (TPSA) is 84.1 Å². The zero-order valence-electron chi connectivity index (χ0n) is 20.4. The molecule has 188 valence electrons. The van der Waals surface area contributed by atoms with E-state index in [-0.39, 0.29) is 24.8 Å². The summed E-state index contributed by atoms with van der Waals surface area (Å²) in [4.78, 5) is 14.7. The predicted molar refractivity (Wildman–Crippen MR) is 131 cm³/mol. The summed E-state index contributed by atoms with van der Waals surface area (Å²) >= 11 is 0. The number of carbonyl (C=O) groups is 1. The van der Waals surface area contributed by atoms with Crippen LogP contribution in [0.3, 0.4) is 0 Å². The number of hydrogen-bond donors (Lipinski definition) is 3. The van der Waals surface area contributed by atoms with Gasteiger partial charge in [-0.05, 0) is 80.0 Å². The van der Waals surface area contributed by atoms with E-state index < -0.39 is 0 Å². The molecule has 34 heavy (non-hydrogen) atoms. The Kier molecular flexibility index (Phi) is 7.89. The van der Waals surface area contributed by atoms with E-state index in [1.54, 1.807) is 7.11 Å². The number of piperidine rings is 1. The fourth-order valence-electron chi connectivity index (χ4n) is 6.12. The fraction of sp³-hybridized carbons (Fsp3) is 0.731. The van der Waals surface area contributed by atoms with Gasteiger partial charge in [-0.1, -0.05) is 6.07 Å². The SMILES string of the molecule is COCCC1CCN(c2cc3cc(c2)C2NNC4CCC(CC42)OCCCNC(=O)OC3)CC1. The molecule has 1 aliphatic carbocycles. The highest BCUT2D eigenvalue weighted by Gasteiger charge is 2.41. The molecule has 3 N–H and O–H groups in total. The summed E-state index contributed by atoms with van der Waals surface area (Å²) in [7, 11) is 1.78. The number of ether oxygens (including phenoxy) is 3. The Labute approximate surface area is 203 Å². The van der Waals surface area contributed by atoms with Crippen molar-refractivity contribution in [3.05, 3.63) is 29.3 Å². The Bertz CT molecular complexity index is 829. The molecule has 1 aromatic rings. The first-order valence-electron chi connectivity index (χ1n) is 13.1. The van der Waals surface area contributed by atoms with Crippen molar-refractivity contribution in [1.29, 1.82) is 0 Å². The van der Waals surface area contributed by atoms with Crippen LogP contribution in [0.5, 0.6) is 0 Å². The number of anilines is 1. The summed E-state index contributed by atoms with van der Waals surface area (Å²) < 4.78 is 17.1. The van der Waals surface area contributed by atoms with Crippen molar-refractivity contribution >= 4 is 11.8 Å². The van der Waals surface area contributed by atoms with E-state index in [0.29, 0.717) is 25.1 Å². The lowest BCUT2D eigenvalue weighted by atomic mass is 9.78. The Morgan fingerprint density at radius 3 is 2.85 bits per heavy atom. The molecule has 3 heterocycles. The fourth-order valence-corrected chi connectivity index (χ4v) is 6.12. The van der Waals surface area contributed by atoms with Gasteiger partial charge in [-0.15, -0.1) is 0 Å². The number of rotatable bonds is 4. The molecule has 4 aliphatic rings. The molecular weight excluding hydrogens is 432 g/mol. The number of amides is 1. The second kappa shape index (κ2) is 11.2. The van der Waals surface area contributed by atoms with Gasteiger partial charge >= 0.3 is 6.09 Å². The van der Waals surface area contributed by atoms with Crippen molar-refractivity contribution in [3.8, 4) is 0 Å². The minimum atomic E-state index is -0.361. The standard InChI is InChI=1S/C26H40N4O4/c1-32-12-7-18-5-9-30(10-6-18)21-14-19-13-20(15-21)25-23-16-22(3-4-24(23)28-29-25)33-11-2-8-27-26(31)34-17-19/h13-15,18,22-25,28-29H,2-12,16-17H2,1H3,(H,27,31). The van der Waals surface area contributed by atoms with Crippen molar-refractivity contribution in [2.24, 2.45) is 11.8 Å². The first kappa shape index (κ1) is 23.9. The van der Waals surface area contributed by atoms with Crippen LogP contribution < -0.4 is 21.1 Å². The van der Waals surface area contributed by atoms with Crippen LogP contribution >= 0.6 is 0 Å². The maximum Gasteiger partial charge on any atom is 0.407 e. The van der Waals surface area contributed by atoms with Gasteiger partial charge in [0.2, 0.25) is 0 Å². The summed E-state index contributed by atoms with van der Waals surface area (Å²) in [5.74, 6) is 1.23. The van der Waals surface area contributed by atoms with E-state index in [9.17, 15) is 4.79 Å². The van der Waals surface area contributed by atoms with Gasteiger partial charge in [-0.2, -0.15) is 0 Å². The molecule has 8 nitrogen and oxygen atoms in total. The monoisotopic (exact) mass is 472 g/mol. The number of hydrogen-bond acceptors (Lipinski definition) is 7. The van der Waals surface area contributed by atoms with E-state index in [1.165, 1.54) is 24.1 Å². The second-order valence-electron chi connectivity index (χ2n) is 10.3. The number of carbonyl (C=O) groups excluding carboxylic acids is 1. The van der Waals surface area contributed by atoms with Crippen LogP contribution in [0.2, 0.25) is 0 Å². The van der Waals surface area contributed by atoms with Crippen molar-refractivity contribution in [2.75, 3.05) is 44.9 Å². The molecule has 1 aromatic carbocycles. The Morgan fingerprint density at radius 1 is 1.12 bits per heavy atom. The number of benzene rings is 1. The number of fused-ring (bicyclic) bond motifs is 4. The molecule has 3 aliphatic heterocycles. The zero-order chi connectivity index (χ0) is 23.3. The van der Waals surface area contributed by atoms with Crippen molar-refractivity contribution in [3.63, 3.8) is 0 Å². The van der Waals surface area contributed by atoms with E-state index in [0.717, 1.165) is 63.3 Å². The third-order valence-electron chi connectivity index (χ3n) is 8.09. The van der Waals surface area contributed by atoms with Gasteiger partial charge < -0.3 is 24.4 Å². The van der Waals surface area contributed by atoms with E-state index in [2.05, 4.69) is 39.3 Å². The summed E-state index contributed by atoms with van der Waals surface area (Å²) in [5, 5.41) is 2.86. The van der Waals surface area contributed by atoms with Gasteiger partial charge in [-0.25, -0.2) is 10.2 Å². The average Bonchev–Trinajstić information content (AvgIpc) is 3.29. The number of hydrazine groups is 1. The van der Waals surface area contributed by atoms with E-state index in [4.69, 9.17) is 14.2 Å². The first-order valence-corrected chi connectivity index (χ1v) is 13.1. The summed E-state index contributed by atoms with van der Waals surface area (Å²) in [6, 6.07) is 7.48. The quantitative estimate of drug-likeness (QED) is 0.620.